The number of benzene rings is 2. The standard InChI is InChI=1S/C37H26F34N4O8S2/c1-72(84(78,79)36(68,69)32(58,59)28(50,51)24(42,43)22(38,39)26(46,47)30(54,55)34(62,63)64)13-15-82-20(76)74(18-9-5-3-6-10-18)17-75(19-11-7-4-8-12-19)21(77)83-16-14-73(2)85(80,81)37(70,71)33(60,61)29(52,53)25(44,45)23(40,41)27(48,49)31(56,57)35(65,66)67/h3-12H,13-17H2,1-2H3. The Labute approximate surface area is 448 Å². The zero-order valence-corrected chi connectivity index (χ0v) is 41.7. The summed E-state index contributed by atoms with van der Waals surface area (Å²) in [4.78, 5) is 26.9. The van der Waals surface area contributed by atoms with Gasteiger partial charge < -0.3 is 9.47 Å². The maximum atomic E-state index is 14.8. The van der Waals surface area contributed by atoms with Gasteiger partial charge in [-0.1, -0.05) is 36.4 Å². The number of nitrogens with zero attached hydrogens (tertiary/aromatic N) is 4. The van der Waals surface area contributed by atoms with E-state index in [2.05, 4.69) is 9.47 Å². The van der Waals surface area contributed by atoms with Crippen LogP contribution >= 0.6 is 0 Å². The number of amides is 2. The average molecular weight is 1360 g/mol. The van der Waals surface area contributed by atoms with Gasteiger partial charge in [-0.15, -0.1) is 0 Å². The fraction of sp³-hybridized carbons (Fsp3) is 0.622. The molecule has 0 unspecified atom stereocenters. The van der Waals surface area contributed by atoms with Crippen molar-refractivity contribution in [1.29, 1.82) is 0 Å². The zero-order chi connectivity index (χ0) is 67.6. The first-order valence-corrected chi connectivity index (χ1v) is 23.5. The third-order valence-corrected chi connectivity index (χ3v) is 14.8. The average Bonchev–Trinajstić information content (AvgIpc) is 3.35. The molecule has 0 aliphatic rings. The molecule has 2 rings (SSSR count). The van der Waals surface area contributed by atoms with E-state index in [9.17, 15) is 176 Å². The van der Waals surface area contributed by atoms with Crippen molar-refractivity contribution in [2.75, 3.05) is 56.9 Å². The number of alkyl halides is 34. The van der Waals surface area contributed by atoms with Gasteiger partial charge in [0.1, 0.15) is 19.9 Å². The number of hydrogen-bond donors (Lipinski definition) is 0. The highest BCUT2D eigenvalue weighted by Crippen LogP contribution is 2.66. The summed E-state index contributed by atoms with van der Waals surface area (Å²) in [6, 6.07) is 9.37. The largest absolute Gasteiger partial charge is 0.460 e. The quantitative estimate of drug-likeness (QED) is 0.0671. The Hall–Kier alpha value is -5.58. The van der Waals surface area contributed by atoms with Crippen molar-refractivity contribution in [2.45, 2.75) is 93.9 Å². The highest BCUT2D eigenvalue weighted by molar-refractivity contribution is 7.90. The summed E-state index contributed by atoms with van der Waals surface area (Å²) in [5, 5.41) is -16.2. The summed E-state index contributed by atoms with van der Waals surface area (Å²) in [6.07, 6.45) is -20.5. The van der Waals surface area contributed by atoms with Crippen LogP contribution in [0.5, 0.6) is 0 Å². The first kappa shape index (κ1) is 75.5. The lowest BCUT2D eigenvalue weighted by Gasteiger charge is -2.42. The number of hydrogen-bond acceptors (Lipinski definition) is 8. The molecule has 0 saturated heterocycles. The van der Waals surface area contributed by atoms with Crippen molar-refractivity contribution in [2.24, 2.45) is 0 Å². The van der Waals surface area contributed by atoms with Gasteiger partial charge in [0.2, 0.25) is 0 Å². The van der Waals surface area contributed by atoms with E-state index in [4.69, 9.17) is 0 Å². The lowest BCUT2D eigenvalue weighted by Crippen LogP contribution is -2.75. The molecule has 0 atom stereocenters. The molecule has 0 aliphatic heterocycles. The number of para-hydroxylation sites is 2. The summed E-state index contributed by atoms with van der Waals surface area (Å²) in [6.45, 7) is -9.80. The van der Waals surface area contributed by atoms with Crippen LogP contribution < -0.4 is 9.80 Å². The summed E-state index contributed by atoms with van der Waals surface area (Å²) in [7, 11) is -16.8. The van der Waals surface area contributed by atoms with Crippen molar-refractivity contribution in [3.05, 3.63) is 60.7 Å². The van der Waals surface area contributed by atoms with Crippen LogP contribution in [0.25, 0.3) is 0 Å². The molecule has 12 nitrogen and oxygen atoms in total. The van der Waals surface area contributed by atoms with Crippen LogP contribution in [0.4, 0.5) is 170 Å². The van der Waals surface area contributed by atoms with E-state index in [1.165, 1.54) is 0 Å². The molecule has 0 saturated carbocycles. The van der Waals surface area contributed by atoms with Crippen molar-refractivity contribution < 1.29 is 185 Å². The molecule has 48 heteroatoms. The smallest absolute Gasteiger partial charge is 0.448 e. The summed E-state index contributed by atoms with van der Waals surface area (Å²) in [5.74, 6) is -107. The van der Waals surface area contributed by atoms with Gasteiger partial charge >= 0.3 is 106 Å². The van der Waals surface area contributed by atoms with Crippen LogP contribution in [0.2, 0.25) is 0 Å². The molecule has 2 aromatic rings. The van der Waals surface area contributed by atoms with E-state index in [0.29, 0.717) is 0 Å². The van der Waals surface area contributed by atoms with Crippen molar-refractivity contribution in [3.63, 3.8) is 0 Å². The maximum Gasteiger partial charge on any atom is 0.460 e. The number of ether oxygens (including phenoxy) is 2. The van der Waals surface area contributed by atoms with E-state index in [-0.39, 0.29) is 9.80 Å². The fourth-order valence-electron chi connectivity index (χ4n) is 5.78. The Morgan fingerprint density at radius 3 is 0.753 bits per heavy atom. The van der Waals surface area contributed by atoms with Crippen LogP contribution in [0.3, 0.4) is 0 Å². The number of likely N-dealkylation sites (N-methyl/N-ethyl adjacent to an activating group) is 2. The number of rotatable bonds is 26. The molecule has 0 heterocycles. The van der Waals surface area contributed by atoms with E-state index < -0.39 is 193 Å². The Kier molecular flexibility index (Phi) is 20.3. The molecule has 0 aromatic heterocycles. The Bertz CT molecular complexity index is 2720. The number of carbonyl (C=O) groups is 2. The number of sulfonamides is 2. The van der Waals surface area contributed by atoms with Gasteiger partial charge in [0.25, 0.3) is 20.0 Å². The van der Waals surface area contributed by atoms with Gasteiger partial charge in [-0.2, -0.15) is 158 Å². The topological polar surface area (TPSA) is 134 Å². The van der Waals surface area contributed by atoms with E-state index in [0.717, 1.165) is 60.7 Å². The zero-order valence-electron chi connectivity index (χ0n) is 40.0. The monoisotopic (exact) mass is 1360 g/mol. The normalized spacial score (nSPS) is 15.3. The second-order valence-corrected chi connectivity index (χ2v) is 20.6. The Morgan fingerprint density at radius 1 is 0.341 bits per heavy atom. The lowest BCUT2D eigenvalue weighted by molar-refractivity contribution is -0.458. The molecule has 85 heavy (non-hydrogen) atoms. The van der Waals surface area contributed by atoms with E-state index >= 15 is 0 Å². The van der Waals surface area contributed by atoms with Gasteiger partial charge in [0.05, 0.1) is 0 Å². The third-order valence-electron chi connectivity index (χ3n) is 11.0. The SMILES string of the molecule is CN(CCOC(=O)N(CN(C(=O)OCCN(C)S(=O)(=O)C(F)(F)C(F)(F)C(F)(F)C(F)(F)C(F)(F)C(F)(F)C(F)(F)C(F)(F)F)c1ccccc1)c1ccccc1)S(=O)(=O)C(F)(F)C(F)(F)C(F)(F)C(F)(F)C(F)(F)C(F)(F)C(F)(F)C(F)(F)F. The Morgan fingerprint density at radius 2 is 0.541 bits per heavy atom. The number of carbonyl (C=O) groups excluding carboxylic acids is 2. The summed E-state index contributed by atoms with van der Waals surface area (Å²) in [5.41, 5.74) is -1.25. The first-order chi connectivity index (χ1) is 37.3. The lowest BCUT2D eigenvalue weighted by atomic mass is 9.91. The van der Waals surface area contributed by atoms with Crippen LogP contribution in [0, 0.1) is 0 Å². The summed E-state index contributed by atoms with van der Waals surface area (Å²) >= 11 is 0. The molecule has 492 valence electrons. The predicted molar refractivity (Wildman–Crippen MR) is 210 cm³/mol. The van der Waals surface area contributed by atoms with Crippen molar-refractivity contribution in [3.8, 4) is 0 Å². The van der Waals surface area contributed by atoms with Crippen molar-refractivity contribution in [1.82, 2.24) is 8.61 Å². The van der Waals surface area contributed by atoms with E-state index in [1.807, 2.05) is 0 Å². The maximum absolute atomic E-state index is 14.8. The molecule has 0 fully saturated rings. The second kappa shape index (κ2) is 22.9. The molecule has 0 N–H and O–H groups in total. The molecule has 0 aliphatic carbocycles. The van der Waals surface area contributed by atoms with Gasteiger partial charge in [0, 0.05) is 38.6 Å². The third kappa shape index (κ3) is 11.6. The van der Waals surface area contributed by atoms with E-state index in [1.54, 1.807) is 0 Å². The van der Waals surface area contributed by atoms with Crippen LogP contribution in [0.1, 0.15) is 0 Å². The Balaban J connectivity index is 2.49. The molecule has 0 radical (unpaired) electrons. The molecule has 0 spiro atoms. The summed E-state index contributed by atoms with van der Waals surface area (Å²) < 4.78 is 525. The second-order valence-electron chi connectivity index (χ2n) is 16.5. The van der Waals surface area contributed by atoms with Gasteiger partial charge in [0.15, 0.2) is 0 Å². The highest BCUT2D eigenvalue weighted by Gasteiger charge is 2.98. The van der Waals surface area contributed by atoms with Crippen LogP contribution in [-0.4, -0.2) is 179 Å². The minimum atomic E-state index is -9.20. The number of anilines is 2. The van der Waals surface area contributed by atoms with Crippen molar-refractivity contribution >= 4 is 43.6 Å². The van der Waals surface area contributed by atoms with Crippen LogP contribution in [0.15, 0.2) is 60.7 Å². The van der Waals surface area contributed by atoms with Gasteiger partial charge in [-0.25, -0.2) is 26.4 Å². The molecule has 0 bridgehead atoms. The minimum absolute atomic E-state index is 0.0746. The highest BCUT2D eigenvalue weighted by atomic mass is 32.2. The fourth-order valence-corrected chi connectivity index (χ4v) is 8.10. The van der Waals surface area contributed by atoms with Gasteiger partial charge in [-0.3, -0.25) is 9.80 Å². The first-order valence-electron chi connectivity index (χ1n) is 20.6. The molecular weight excluding hydrogens is 1340 g/mol. The molecular formula is C37H26F34N4O8S2. The minimum Gasteiger partial charge on any atom is -0.448 e. The number of halogens is 34. The van der Waals surface area contributed by atoms with Gasteiger partial charge in [-0.05, 0) is 24.3 Å². The molecule has 2 aromatic carbocycles. The van der Waals surface area contributed by atoms with Crippen LogP contribution in [-0.2, 0) is 29.5 Å². The predicted octanol–water partition coefficient (Wildman–Crippen LogP) is 12.7. The molecule has 2 amide bonds.